The summed E-state index contributed by atoms with van der Waals surface area (Å²) in [5.74, 6) is 5.61. The number of morpholine rings is 2. The average Bonchev–Trinajstić information content (AvgIpc) is 1.56. The van der Waals surface area contributed by atoms with Crippen molar-refractivity contribution in [1.29, 1.82) is 0 Å². The number of nitrogens with zero attached hydrogens (tertiary/aromatic N) is 17. The molecule has 2 saturated carbocycles. The Hall–Kier alpha value is -4.40. The van der Waals surface area contributed by atoms with Gasteiger partial charge in [-0.2, -0.15) is 29.9 Å². The molecule has 150 heavy (non-hydrogen) atoms. The minimum Gasteiger partial charge on any atom is -0.392 e. The van der Waals surface area contributed by atoms with Crippen molar-refractivity contribution in [2.45, 2.75) is 589 Å². The van der Waals surface area contributed by atoms with Gasteiger partial charge in [-0.05, 0) is 362 Å². The van der Waals surface area contributed by atoms with Gasteiger partial charge in [0.25, 0.3) is 11.8 Å². The van der Waals surface area contributed by atoms with E-state index in [1.807, 2.05) is 32.7 Å². The molecule has 2 atom stereocenters. The number of amides is 2. The minimum atomic E-state index is -0.757. The Kier molecular flexibility index (Phi) is 43.9. The number of aromatic nitrogens is 6. The van der Waals surface area contributed by atoms with Crippen LogP contribution in [0.1, 0.15) is 468 Å². The highest BCUT2D eigenvalue weighted by molar-refractivity contribution is 5.89. The summed E-state index contributed by atoms with van der Waals surface area (Å²) < 4.78 is 30.9. The van der Waals surface area contributed by atoms with E-state index in [4.69, 9.17) is 53.6 Å². The molecule has 4 N–H and O–H groups in total. The number of anilines is 4. The molecule has 10 aliphatic heterocycles. The van der Waals surface area contributed by atoms with Crippen LogP contribution in [0, 0.1) is 19.8 Å². The molecule has 2 unspecified atom stereocenters. The Morgan fingerprint density at radius 2 is 0.700 bits per heavy atom. The third kappa shape index (κ3) is 34.1. The van der Waals surface area contributed by atoms with Crippen LogP contribution in [-0.2, 0) is 33.3 Å². The molecule has 12 heterocycles. The van der Waals surface area contributed by atoms with Gasteiger partial charge in [-0.25, -0.2) is 0 Å². The maximum Gasteiger partial charge on any atom is 0.257 e. The second kappa shape index (κ2) is 52.4. The van der Waals surface area contributed by atoms with Crippen LogP contribution < -0.4 is 35.6 Å². The van der Waals surface area contributed by atoms with E-state index in [-0.39, 0.29) is 84.4 Å². The number of unbranched alkanes of at least 4 members (excludes halogenated alkanes) is 6. The summed E-state index contributed by atoms with van der Waals surface area (Å²) in [6.45, 7) is 76.5. The lowest BCUT2D eigenvalue weighted by Gasteiger charge is -2.58. The minimum absolute atomic E-state index is 0.0577. The number of methoxy groups -OCH3 is 1. The van der Waals surface area contributed by atoms with Crippen LogP contribution in [0.25, 0.3) is 0 Å². The van der Waals surface area contributed by atoms with Crippen molar-refractivity contribution in [3.8, 4) is 0 Å². The fourth-order valence-corrected chi connectivity index (χ4v) is 30.6. The third-order valence-corrected chi connectivity index (χ3v) is 37.2. The van der Waals surface area contributed by atoms with E-state index in [1.54, 1.807) is 7.11 Å². The van der Waals surface area contributed by atoms with Gasteiger partial charge >= 0.3 is 0 Å². The molecule has 2 aromatic heterocycles. The van der Waals surface area contributed by atoms with Crippen LogP contribution in [0.15, 0.2) is 0 Å². The summed E-state index contributed by atoms with van der Waals surface area (Å²) in [6.07, 6.45) is 48.9. The molecule has 14 rings (SSSR count). The molecule has 12 aliphatic rings. The number of aryl methyl sites for hydroxylation is 2. The predicted octanol–water partition coefficient (Wildman–Crippen LogP) is 22.0. The Morgan fingerprint density at radius 3 is 1.07 bits per heavy atom. The van der Waals surface area contributed by atoms with E-state index in [1.165, 1.54) is 167 Å². The molecule has 0 aromatic carbocycles. The number of hydrogen-bond acceptors (Lipinski definition) is 26. The van der Waals surface area contributed by atoms with Crippen LogP contribution >= 0.6 is 0 Å². The van der Waals surface area contributed by atoms with Gasteiger partial charge in [-0.15, -0.1) is 0 Å². The molecule has 10 saturated heterocycles. The van der Waals surface area contributed by atoms with E-state index < -0.39 is 22.7 Å². The first-order chi connectivity index (χ1) is 70.0. The fourth-order valence-electron chi connectivity index (χ4n) is 30.6. The van der Waals surface area contributed by atoms with E-state index in [2.05, 4.69) is 266 Å². The van der Waals surface area contributed by atoms with E-state index >= 15 is 0 Å². The van der Waals surface area contributed by atoms with E-state index in [0.717, 1.165) is 217 Å². The Morgan fingerprint density at radius 1 is 0.387 bits per heavy atom. The summed E-state index contributed by atoms with van der Waals surface area (Å²) in [7, 11) is 13.0. The maximum atomic E-state index is 14.3. The van der Waals surface area contributed by atoms with Gasteiger partial charge in [0.05, 0.1) is 39.1 Å². The van der Waals surface area contributed by atoms with Crippen LogP contribution in [0.5, 0.6) is 0 Å². The highest BCUT2D eigenvalue weighted by Crippen LogP contribution is 2.56. The smallest absolute Gasteiger partial charge is 0.257 e. The summed E-state index contributed by atoms with van der Waals surface area (Å²) >= 11 is 0. The quantitative estimate of drug-likeness (QED) is 0.0553. The van der Waals surface area contributed by atoms with Crippen molar-refractivity contribution in [2.75, 3.05) is 160 Å². The van der Waals surface area contributed by atoms with Gasteiger partial charge in [0.1, 0.15) is 23.1 Å². The highest BCUT2D eigenvalue weighted by atomic mass is 16.6. The molecule has 864 valence electrons. The number of piperidine rings is 6. The van der Waals surface area contributed by atoms with Crippen molar-refractivity contribution in [3.63, 3.8) is 0 Å². The van der Waals surface area contributed by atoms with Crippen molar-refractivity contribution in [2.24, 2.45) is 5.92 Å². The standard InChI is InChI=1S/C35H66N8O.C33H62N8O.2C27H50N2O3/c1-27-36-30(42-19-21-44-22-20-42)38-31(37-27)43(29-25-34(6,7)41(12)35(8,9)26-29)18-16-14-13-15-17-39(10)28-23-32(2,3)40(11)33(4,5)24-28;1-25-34-28(40-17-19-42-20-18-40)36-29(35-25)41(27-23-32(6,7)38-33(8,9)24-27)16-14-12-11-13-15-39(10)26-21-30(2,3)37-31(4,5)22-26;1-22(19-31-6)18-29-23(30)26(20-24(2,3)28-25(4,5)21-26)32-27(29)16-14-12-10-8-7-9-11-13-15-17-27;1-7-22(30)19-29-24(2,3)20-26(21-25(29,4)5)23(31)28(6)27(32-26)17-15-13-11-9-8-10-12-14-16-18-27/h28-29H,13-26H2,1-12H3;26-27,37-38H,11-24H2,1-10H3;22,28H,7-21H2,1-6H3;22,30H,7-21H2,1-6H3. The molecule has 0 bridgehead atoms. The summed E-state index contributed by atoms with van der Waals surface area (Å²) in [4.78, 5) is 84.4. The van der Waals surface area contributed by atoms with Gasteiger partial charge in [-0.1, -0.05) is 129 Å². The number of rotatable bonds is 29. The highest BCUT2D eigenvalue weighted by Gasteiger charge is 2.67. The number of likely N-dealkylation sites (N-methyl/N-ethyl adjacent to an activating group) is 1. The zero-order valence-electron chi connectivity index (χ0n) is 103. The molecular formula is C122H228N20O8. The number of ether oxygens (including phenoxy) is 5. The zero-order valence-corrected chi connectivity index (χ0v) is 103. The molecule has 2 aliphatic carbocycles. The first kappa shape index (κ1) is 126. The lowest BCUT2D eigenvalue weighted by Crippen LogP contribution is -2.68. The van der Waals surface area contributed by atoms with E-state index in [9.17, 15) is 14.7 Å². The van der Waals surface area contributed by atoms with Gasteiger partial charge in [-0.3, -0.25) is 24.3 Å². The normalized spacial score (nSPS) is 26.5. The Labute approximate surface area is 916 Å². The van der Waals surface area contributed by atoms with Crippen molar-refractivity contribution in [1.82, 2.24) is 80.2 Å². The zero-order chi connectivity index (χ0) is 110. The first-order valence-corrected chi connectivity index (χ1v) is 60.8. The second-order valence-electron chi connectivity index (χ2n) is 57.4. The molecule has 4 spiro atoms. The molecule has 28 heteroatoms. The number of carbonyl (C=O) groups excluding carboxylic acids is 2. The van der Waals surface area contributed by atoms with Crippen LogP contribution in [-0.4, -0.2) is 341 Å². The number of likely N-dealkylation sites (tertiary alicyclic amines) is 3. The number of aliphatic hydroxyl groups is 1. The second-order valence-corrected chi connectivity index (χ2v) is 57.4. The third-order valence-electron chi connectivity index (χ3n) is 37.2. The molecule has 0 radical (unpaired) electrons. The van der Waals surface area contributed by atoms with Crippen molar-refractivity contribution >= 4 is 35.6 Å². The molecule has 2 aromatic rings. The summed E-state index contributed by atoms with van der Waals surface area (Å²) in [5, 5.41) is 21.9. The molecular weight excluding hydrogens is 1870 g/mol. The number of nitrogens with one attached hydrogen (secondary N) is 3. The Balaban J connectivity index is 0.000000192. The summed E-state index contributed by atoms with van der Waals surface area (Å²) in [5.41, 5.74) is -1.97. The largest absolute Gasteiger partial charge is 0.392 e. The average molecular weight is 2100 g/mol. The van der Waals surface area contributed by atoms with Crippen molar-refractivity contribution < 1.29 is 38.4 Å². The number of aliphatic hydroxyl groups excluding tert-OH is 1. The maximum absolute atomic E-state index is 14.3. The van der Waals surface area contributed by atoms with Crippen LogP contribution in [0.3, 0.4) is 0 Å². The lowest BCUT2D eigenvalue weighted by molar-refractivity contribution is -0.201. The SMILES string of the molecule is CCC(O)CN1C(C)(C)CC2(CC1(C)C)OC1(CCCCCCCCCCC1)N(C)C2=O.COCC(C)CN1C(=O)C2(CC(C)(C)NC(C)(C)C2)OC12CCCCCCCCCCC2.Cc1nc(N2CCOCC2)nc(N(CCCCCCN(C)C2CC(C)(C)N(C)C(C)(C)C2)C2CC(C)(C)N(C)C(C)(C)C2)n1.Cc1nc(N2CCOCC2)nc(N(CCCCCCN(C)C2CC(C)(C)NC(C)(C)C2)C2CC(C)(C)NC(C)(C)C2)n1. The number of carbonyl (C=O) groups is 2. The van der Waals surface area contributed by atoms with Gasteiger partial charge < -0.3 is 83.9 Å². The molecule has 2 amide bonds. The summed E-state index contributed by atoms with van der Waals surface area (Å²) in [6, 6.07) is 2.06. The van der Waals surface area contributed by atoms with Gasteiger partial charge in [0.2, 0.25) is 23.8 Å². The van der Waals surface area contributed by atoms with E-state index in [0.29, 0.717) is 56.1 Å². The molecule has 12 fully saturated rings. The number of hydrogen-bond donors (Lipinski definition) is 4. The topological polar surface area (TPSA) is 250 Å². The first-order valence-electron chi connectivity index (χ1n) is 60.8. The van der Waals surface area contributed by atoms with Gasteiger partial charge in [0.15, 0.2) is 11.2 Å². The van der Waals surface area contributed by atoms with Crippen LogP contribution in [0.4, 0.5) is 23.8 Å². The van der Waals surface area contributed by atoms with Crippen LogP contribution in [0.2, 0.25) is 0 Å². The lowest BCUT2D eigenvalue weighted by atomic mass is 9.70. The molecule has 28 nitrogen and oxygen atoms in total. The number of β-amino-alcohol motifs (C(OH)–C–C–N with tert-alkyl or cyclic N) is 1. The predicted molar refractivity (Wildman–Crippen MR) is 620 cm³/mol. The van der Waals surface area contributed by atoms with Gasteiger partial charge in [0, 0.05) is 183 Å². The monoisotopic (exact) mass is 2100 g/mol. The fraction of sp³-hybridized carbons (Fsp3) is 0.934. The Bertz CT molecular complexity index is 4340. The van der Waals surface area contributed by atoms with Crippen molar-refractivity contribution in [3.05, 3.63) is 11.6 Å².